The zero-order valence-electron chi connectivity index (χ0n) is 11.2. The van der Waals surface area contributed by atoms with Gasteiger partial charge >= 0.3 is 0 Å². The van der Waals surface area contributed by atoms with Crippen LogP contribution in [0.4, 0.5) is 0 Å². The Morgan fingerprint density at radius 1 is 1.53 bits per heavy atom. The third-order valence-corrected chi connectivity index (χ3v) is 3.40. The first-order valence-corrected chi connectivity index (χ1v) is 6.46. The molecule has 2 rings (SSSR count). The number of aryl methyl sites for hydroxylation is 1. The van der Waals surface area contributed by atoms with E-state index in [-0.39, 0.29) is 5.91 Å². The number of carbonyl (C=O) groups excluding carboxylic acids is 1. The van der Waals surface area contributed by atoms with E-state index in [1.54, 1.807) is 23.0 Å². The van der Waals surface area contributed by atoms with Crippen molar-refractivity contribution in [2.45, 2.75) is 31.4 Å². The molecule has 106 valence electrons. The molecule has 0 saturated carbocycles. The molecule has 7 nitrogen and oxygen atoms in total. The van der Waals surface area contributed by atoms with Crippen molar-refractivity contribution < 1.29 is 14.6 Å². The number of hydrogen-bond donors (Lipinski definition) is 1. The topological polar surface area (TPSA) is 80.5 Å². The Morgan fingerprint density at radius 3 is 2.89 bits per heavy atom. The molecule has 0 aliphatic carbocycles. The first-order chi connectivity index (χ1) is 9.09. The number of amides is 1. The minimum Gasteiger partial charge on any atom is -0.388 e. The molecule has 1 fully saturated rings. The smallest absolute Gasteiger partial charge is 0.224 e. The number of nitrogens with zero attached hydrogens (tertiary/aromatic N) is 4. The Hall–Kier alpha value is -1.47. The van der Waals surface area contributed by atoms with Crippen LogP contribution in [0, 0.1) is 0 Å². The van der Waals surface area contributed by atoms with Gasteiger partial charge in [0.2, 0.25) is 5.91 Å². The molecule has 19 heavy (non-hydrogen) atoms. The van der Waals surface area contributed by atoms with Crippen molar-refractivity contribution in [2.24, 2.45) is 0 Å². The molecule has 0 spiro atoms. The molecule has 0 atom stereocenters. The molecule has 0 radical (unpaired) electrons. The van der Waals surface area contributed by atoms with Crippen molar-refractivity contribution in [2.75, 3.05) is 26.8 Å². The van der Waals surface area contributed by atoms with Crippen LogP contribution in [0.3, 0.4) is 0 Å². The highest BCUT2D eigenvalue weighted by atomic mass is 16.5. The summed E-state index contributed by atoms with van der Waals surface area (Å²) in [5.74, 6) is -0.00424. The van der Waals surface area contributed by atoms with E-state index in [4.69, 9.17) is 4.74 Å². The molecule has 1 aliphatic rings. The molecule has 1 N–H and O–H groups in total. The van der Waals surface area contributed by atoms with Gasteiger partial charge in [-0.2, -0.15) is 5.10 Å². The minimum atomic E-state index is -0.810. The summed E-state index contributed by atoms with van der Waals surface area (Å²) in [6.07, 6.45) is 4.53. The fourth-order valence-corrected chi connectivity index (χ4v) is 2.19. The van der Waals surface area contributed by atoms with E-state index in [9.17, 15) is 9.90 Å². The van der Waals surface area contributed by atoms with Gasteiger partial charge in [-0.3, -0.25) is 9.48 Å². The Kier molecular flexibility index (Phi) is 4.49. The maximum Gasteiger partial charge on any atom is 0.224 e. The predicted octanol–water partition coefficient (Wildman–Crippen LogP) is -0.332. The van der Waals surface area contributed by atoms with Crippen molar-refractivity contribution in [3.05, 3.63) is 12.7 Å². The lowest BCUT2D eigenvalue weighted by Crippen LogP contribution is -2.47. The molecule has 1 amide bonds. The second kappa shape index (κ2) is 6.12. The average molecular weight is 268 g/mol. The van der Waals surface area contributed by atoms with Crippen LogP contribution in [0.5, 0.6) is 0 Å². The molecule has 0 bridgehead atoms. The summed E-state index contributed by atoms with van der Waals surface area (Å²) < 4.78 is 6.84. The van der Waals surface area contributed by atoms with Crippen LogP contribution < -0.4 is 0 Å². The number of hydrogen-bond acceptors (Lipinski definition) is 5. The van der Waals surface area contributed by atoms with Gasteiger partial charge in [-0.15, -0.1) is 0 Å². The summed E-state index contributed by atoms with van der Waals surface area (Å²) in [6.45, 7) is 1.96. The Balaban J connectivity index is 1.78. The first-order valence-electron chi connectivity index (χ1n) is 6.46. The van der Waals surface area contributed by atoms with Gasteiger partial charge in [0.15, 0.2) is 0 Å². The average Bonchev–Trinajstić information content (AvgIpc) is 2.89. The highest BCUT2D eigenvalue weighted by Crippen LogP contribution is 2.21. The summed E-state index contributed by atoms with van der Waals surface area (Å²) in [5.41, 5.74) is -0.810. The molecule has 1 saturated heterocycles. The Morgan fingerprint density at radius 2 is 2.26 bits per heavy atom. The summed E-state index contributed by atoms with van der Waals surface area (Å²) >= 11 is 0. The Bertz CT molecular complexity index is 401. The second-order valence-corrected chi connectivity index (χ2v) is 5.00. The number of aromatic nitrogens is 3. The van der Waals surface area contributed by atoms with Crippen LogP contribution in [0.25, 0.3) is 0 Å². The number of likely N-dealkylation sites (N-methyl/N-ethyl adjacent to an activating group) is 1. The molecular weight excluding hydrogens is 248 g/mol. The normalized spacial score (nSPS) is 18.2. The highest BCUT2D eigenvalue weighted by Gasteiger charge is 2.32. The number of carbonyl (C=O) groups is 1. The van der Waals surface area contributed by atoms with Crippen LogP contribution in [0.15, 0.2) is 12.7 Å². The van der Waals surface area contributed by atoms with Crippen molar-refractivity contribution >= 4 is 5.91 Å². The lowest BCUT2D eigenvalue weighted by molar-refractivity contribution is -0.137. The lowest BCUT2D eigenvalue weighted by atomic mass is 9.94. The van der Waals surface area contributed by atoms with Crippen LogP contribution in [-0.2, 0) is 16.1 Å². The van der Waals surface area contributed by atoms with Crippen molar-refractivity contribution in [1.82, 2.24) is 19.7 Å². The van der Waals surface area contributed by atoms with E-state index in [1.807, 2.05) is 0 Å². The molecule has 0 aromatic carbocycles. The summed E-state index contributed by atoms with van der Waals surface area (Å²) in [7, 11) is 1.72. The van der Waals surface area contributed by atoms with Gasteiger partial charge in [0.05, 0.1) is 12.1 Å². The summed E-state index contributed by atoms with van der Waals surface area (Å²) in [6, 6.07) is 0. The van der Waals surface area contributed by atoms with E-state index in [1.165, 1.54) is 6.33 Å². The fraction of sp³-hybridized carbons (Fsp3) is 0.750. The first kappa shape index (κ1) is 14.0. The highest BCUT2D eigenvalue weighted by molar-refractivity contribution is 5.75. The van der Waals surface area contributed by atoms with Gasteiger partial charge in [-0.05, 0) is 0 Å². The molecule has 2 heterocycles. The number of rotatable bonds is 5. The molecule has 1 aliphatic heterocycles. The van der Waals surface area contributed by atoms with Gasteiger partial charge in [0, 0.05) is 46.1 Å². The van der Waals surface area contributed by atoms with E-state index >= 15 is 0 Å². The zero-order valence-corrected chi connectivity index (χ0v) is 11.2. The van der Waals surface area contributed by atoms with Crippen molar-refractivity contribution in [1.29, 1.82) is 0 Å². The van der Waals surface area contributed by atoms with Crippen LogP contribution in [0.1, 0.15) is 19.3 Å². The SMILES string of the molecule is CN(CC1(O)CCOCC1)C(=O)CCn1cncn1. The van der Waals surface area contributed by atoms with Gasteiger partial charge < -0.3 is 14.7 Å². The van der Waals surface area contributed by atoms with Gasteiger partial charge in [-0.1, -0.05) is 0 Å². The molecule has 7 heteroatoms. The molecular formula is C12H20N4O3. The van der Waals surface area contributed by atoms with E-state index in [0.717, 1.165) is 0 Å². The summed E-state index contributed by atoms with van der Waals surface area (Å²) in [5, 5.41) is 14.3. The quantitative estimate of drug-likeness (QED) is 0.791. The van der Waals surface area contributed by atoms with Gasteiger partial charge in [0.25, 0.3) is 0 Å². The fourth-order valence-electron chi connectivity index (χ4n) is 2.19. The third-order valence-electron chi connectivity index (χ3n) is 3.40. The summed E-state index contributed by atoms with van der Waals surface area (Å²) in [4.78, 5) is 17.4. The maximum absolute atomic E-state index is 12.0. The molecule has 1 aromatic rings. The standard InChI is InChI=1S/C12H20N4O3/c1-15(8-12(18)3-6-19-7-4-12)11(17)2-5-16-10-13-9-14-16/h9-10,18H,2-8H2,1H3. The van der Waals surface area contributed by atoms with Crippen LogP contribution in [-0.4, -0.2) is 63.1 Å². The monoisotopic (exact) mass is 268 g/mol. The number of aliphatic hydroxyl groups is 1. The van der Waals surface area contributed by atoms with E-state index in [0.29, 0.717) is 45.6 Å². The molecule has 0 unspecified atom stereocenters. The minimum absolute atomic E-state index is 0.00424. The number of ether oxygens (including phenoxy) is 1. The Labute approximate surface area is 112 Å². The van der Waals surface area contributed by atoms with E-state index in [2.05, 4.69) is 10.1 Å². The van der Waals surface area contributed by atoms with Crippen molar-refractivity contribution in [3.8, 4) is 0 Å². The zero-order chi connectivity index (χ0) is 13.7. The lowest BCUT2D eigenvalue weighted by Gasteiger charge is -2.35. The predicted molar refractivity (Wildman–Crippen MR) is 67.3 cm³/mol. The third kappa shape index (κ3) is 4.00. The van der Waals surface area contributed by atoms with Gasteiger partial charge in [-0.25, -0.2) is 4.98 Å². The van der Waals surface area contributed by atoms with Crippen LogP contribution >= 0.6 is 0 Å². The van der Waals surface area contributed by atoms with Crippen molar-refractivity contribution in [3.63, 3.8) is 0 Å². The molecule has 1 aromatic heterocycles. The second-order valence-electron chi connectivity index (χ2n) is 5.00. The van der Waals surface area contributed by atoms with Crippen LogP contribution in [0.2, 0.25) is 0 Å². The largest absolute Gasteiger partial charge is 0.388 e. The van der Waals surface area contributed by atoms with E-state index < -0.39 is 5.60 Å². The maximum atomic E-state index is 12.0. The van der Waals surface area contributed by atoms with Gasteiger partial charge in [0.1, 0.15) is 12.7 Å².